The number of barbiturate groups is 1. The summed E-state index contributed by atoms with van der Waals surface area (Å²) in [5.41, 5.74) is 0. The van der Waals surface area contributed by atoms with Gasteiger partial charge in [0.25, 0.3) is 0 Å². The average molecular weight is 194 g/mol. The van der Waals surface area contributed by atoms with E-state index in [9.17, 15) is 14.4 Å². The molecule has 1 fully saturated rings. The number of carbonyl (C=O) groups excluding carboxylic acids is 3. The monoisotopic (exact) mass is 194 g/mol. The maximum atomic E-state index is 11.0. The Kier molecular flexibility index (Phi) is 5.20. The minimum atomic E-state index is -0.725. The van der Waals surface area contributed by atoms with E-state index < -0.39 is 23.8 Å². The van der Waals surface area contributed by atoms with Crippen LogP contribution in [0.3, 0.4) is 0 Å². The van der Waals surface area contributed by atoms with Gasteiger partial charge >= 0.3 is 35.6 Å². The molecule has 0 unspecified atom stereocenters. The second-order valence-electron chi connectivity index (χ2n) is 2.65. The Labute approximate surface area is 97.9 Å². The molecule has 0 bridgehead atoms. The fourth-order valence-electron chi connectivity index (χ4n) is 1.10. The van der Waals surface area contributed by atoms with Gasteiger partial charge in [-0.05, 0) is 6.42 Å². The molecule has 68 valence electrons. The van der Waals surface area contributed by atoms with Gasteiger partial charge in [-0.2, -0.15) is 0 Å². The first-order chi connectivity index (χ1) is 5.65. The molecule has 1 saturated heterocycles. The summed E-state index contributed by atoms with van der Waals surface area (Å²) in [5, 5.41) is 4.07. The number of imide groups is 2. The van der Waals surface area contributed by atoms with Crippen molar-refractivity contribution in [1.29, 1.82) is 0 Å². The van der Waals surface area contributed by atoms with E-state index >= 15 is 0 Å². The van der Waals surface area contributed by atoms with E-state index in [1.807, 2.05) is 17.6 Å². The molecule has 13 heavy (non-hydrogen) atoms. The molecule has 2 N–H and O–H groups in total. The molecule has 4 amide bonds. The first kappa shape index (κ1) is 12.6. The summed E-state index contributed by atoms with van der Waals surface area (Å²) in [6.07, 6.45) is 1.21. The van der Waals surface area contributed by atoms with Crippen molar-refractivity contribution in [3.8, 4) is 0 Å². The van der Waals surface area contributed by atoms with Gasteiger partial charge in [-0.25, -0.2) is 4.79 Å². The molecule has 6 heteroatoms. The van der Waals surface area contributed by atoms with Crippen molar-refractivity contribution < 1.29 is 14.4 Å². The van der Waals surface area contributed by atoms with Crippen molar-refractivity contribution in [2.45, 2.75) is 19.8 Å². The number of urea groups is 1. The molecular weight excluding hydrogens is 183 g/mol. The number of nitrogens with one attached hydrogen (secondary N) is 2. The van der Waals surface area contributed by atoms with E-state index in [0.29, 0.717) is 6.42 Å². The van der Waals surface area contributed by atoms with Crippen LogP contribution < -0.4 is 10.6 Å². The van der Waals surface area contributed by atoms with E-state index in [1.54, 1.807) is 0 Å². The molecule has 0 aromatic rings. The summed E-state index contributed by atoms with van der Waals surface area (Å²) >= 11 is 0. The summed E-state index contributed by atoms with van der Waals surface area (Å²) < 4.78 is 0. The number of hydrogen-bond donors (Lipinski definition) is 2. The van der Waals surface area contributed by atoms with Crippen LogP contribution in [0, 0.1) is 5.92 Å². The first-order valence-corrected chi connectivity index (χ1v) is 3.81. The zero-order valence-electron chi connectivity index (χ0n) is 6.72. The summed E-state index contributed by atoms with van der Waals surface area (Å²) in [7, 11) is 0. The van der Waals surface area contributed by atoms with E-state index in [4.69, 9.17) is 0 Å². The van der Waals surface area contributed by atoms with Crippen LogP contribution in [0.4, 0.5) is 4.79 Å². The maximum absolute atomic E-state index is 11.0. The van der Waals surface area contributed by atoms with Crippen LogP contribution in [0.5, 0.6) is 0 Å². The number of rotatable bonds is 2. The summed E-state index contributed by atoms with van der Waals surface area (Å²) in [6.45, 7) is 1.87. The predicted molar refractivity (Wildman–Crippen MR) is 47.2 cm³/mol. The zero-order chi connectivity index (χ0) is 9.14. The molecule has 0 spiro atoms. The second-order valence-corrected chi connectivity index (χ2v) is 2.65. The molecule has 0 radical (unpaired) electrons. The molecule has 0 atom stereocenters. The Bertz CT molecular complexity index is 222. The van der Waals surface area contributed by atoms with Crippen LogP contribution in [0.15, 0.2) is 0 Å². The molecular formula is C7H11N2NaO3. The standard InChI is InChI=1S/C7H10N2O3.Na.H/c1-2-3-4-5(10)8-7(12)9-6(4)11;;/h4H,2-3H2,1H3,(H2,8,9,10,11,12);;. The fourth-order valence-corrected chi connectivity index (χ4v) is 1.10. The quantitative estimate of drug-likeness (QED) is 0.442. The second kappa shape index (κ2) is 5.36. The van der Waals surface area contributed by atoms with Crippen molar-refractivity contribution in [1.82, 2.24) is 10.6 Å². The van der Waals surface area contributed by atoms with Crippen LogP contribution in [0.2, 0.25) is 0 Å². The van der Waals surface area contributed by atoms with E-state index in [-0.39, 0.29) is 29.6 Å². The van der Waals surface area contributed by atoms with Crippen LogP contribution in [-0.4, -0.2) is 47.4 Å². The number of carbonyl (C=O) groups is 3. The average Bonchev–Trinajstić information content (AvgIpc) is 1.96. The van der Waals surface area contributed by atoms with Gasteiger partial charge in [0.15, 0.2) is 0 Å². The minimum absolute atomic E-state index is 0. The third-order valence-electron chi connectivity index (χ3n) is 1.68. The van der Waals surface area contributed by atoms with Crippen LogP contribution >= 0.6 is 0 Å². The van der Waals surface area contributed by atoms with Gasteiger partial charge in [-0.3, -0.25) is 20.2 Å². The molecule has 1 rings (SSSR count). The Morgan fingerprint density at radius 1 is 1.15 bits per heavy atom. The van der Waals surface area contributed by atoms with E-state index in [2.05, 4.69) is 0 Å². The van der Waals surface area contributed by atoms with Gasteiger partial charge in [0.1, 0.15) is 5.92 Å². The Balaban J connectivity index is 0.00000144. The van der Waals surface area contributed by atoms with Crippen LogP contribution in [0.25, 0.3) is 0 Å². The van der Waals surface area contributed by atoms with Crippen LogP contribution in [-0.2, 0) is 9.59 Å². The predicted octanol–water partition coefficient (Wildman–Crippen LogP) is -0.880. The molecule has 1 aliphatic heterocycles. The van der Waals surface area contributed by atoms with Gasteiger partial charge in [-0.1, -0.05) is 13.3 Å². The topological polar surface area (TPSA) is 75.3 Å². The number of hydrogen-bond acceptors (Lipinski definition) is 3. The van der Waals surface area contributed by atoms with Crippen molar-refractivity contribution in [3.05, 3.63) is 0 Å². The normalized spacial score (nSPS) is 17.5. The number of amides is 4. The third-order valence-corrected chi connectivity index (χ3v) is 1.68. The van der Waals surface area contributed by atoms with Gasteiger partial charge in [-0.15, -0.1) is 0 Å². The fraction of sp³-hybridized carbons (Fsp3) is 0.571. The van der Waals surface area contributed by atoms with Gasteiger partial charge in [0.05, 0.1) is 0 Å². The van der Waals surface area contributed by atoms with Crippen molar-refractivity contribution in [2.24, 2.45) is 5.92 Å². The molecule has 0 saturated carbocycles. The Hall–Kier alpha value is -0.390. The third kappa shape index (κ3) is 3.10. The van der Waals surface area contributed by atoms with Gasteiger partial charge in [0, 0.05) is 0 Å². The molecule has 1 heterocycles. The summed E-state index contributed by atoms with van der Waals surface area (Å²) in [5.74, 6) is -1.69. The Morgan fingerprint density at radius 3 is 2.00 bits per heavy atom. The van der Waals surface area contributed by atoms with E-state index in [0.717, 1.165) is 6.42 Å². The zero-order valence-corrected chi connectivity index (χ0v) is 6.72. The summed E-state index contributed by atoms with van der Waals surface area (Å²) in [6, 6.07) is -0.725. The Morgan fingerprint density at radius 2 is 1.62 bits per heavy atom. The molecule has 5 nitrogen and oxygen atoms in total. The molecule has 0 aromatic heterocycles. The molecule has 0 aliphatic carbocycles. The van der Waals surface area contributed by atoms with Crippen molar-refractivity contribution >= 4 is 47.4 Å². The molecule has 1 aliphatic rings. The summed E-state index contributed by atoms with van der Waals surface area (Å²) in [4.78, 5) is 32.6. The van der Waals surface area contributed by atoms with Crippen molar-refractivity contribution in [3.63, 3.8) is 0 Å². The van der Waals surface area contributed by atoms with E-state index in [1.165, 1.54) is 0 Å². The van der Waals surface area contributed by atoms with Crippen LogP contribution in [0.1, 0.15) is 19.8 Å². The SMILES string of the molecule is CCCC1C(=O)NC(=O)NC1=O.[NaH]. The first-order valence-electron chi connectivity index (χ1n) is 3.81. The molecule has 0 aromatic carbocycles. The van der Waals surface area contributed by atoms with Gasteiger partial charge < -0.3 is 0 Å². The van der Waals surface area contributed by atoms with Gasteiger partial charge in [0.2, 0.25) is 11.8 Å². The van der Waals surface area contributed by atoms with Crippen molar-refractivity contribution in [2.75, 3.05) is 0 Å².